The van der Waals surface area contributed by atoms with Crippen molar-refractivity contribution in [3.8, 4) is 0 Å². The largest absolute Gasteiger partial charge is 0.465 e. The fourth-order valence-electron chi connectivity index (χ4n) is 5.62. The number of hydrogen-bond acceptors (Lipinski definition) is 6. The molecule has 2 fully saturated rings. The summed E-state index contributed by atoms with van der Waals surface area (Å²) in [5, 5.41) is 0. The van der Waals surface area contributed by atoms with Gasteiger partial charge in [0.05, 0.1) is 32.1 Å². The minimum Gasteiger partial charge on any atom is -0.465 e. The normalized spacial score (nSPS) is 28.0. The summed E-state index contributed by atoms with van der Waals surface area (Å²) in [7, 11) is 1.35. The number of ether oxygens (including phenoxy) is 3. The maximum atomic E-state index is 13.0. The number of carbonyl (C=O) groups is 3. The fraction of sp³-hybridized carbons (Fsp3) is 0.500. The second kappa shape index (κ2) is 6.61. The van der Waals surface area contributed by atoms with Gasteiger partial charge in [0.15, 0.2) is 5.41 Å². The lowest BCUT2D eigenvalue weighted by Gasteiger charge is -2.63. The average molecular weight is 399 g/mol. The molecule has 3 atom stereocenters. The Kier molecular flexibility index (Phi) is 4.44. The molecule has 0 N–H and O–H groups in total. The van der Waals surface area contributed by atoms with Crippen LogP contribution in [0.2, 0.25) is 0 Å². The van der Waals surface area contributed by atoms with Gasteiger partial charge in [-0.1, -0.05) is 30.4 Å². The van der Waals surface area contributed by atoms with Gasteiger partial charge in [-0.25, -0.2) is 4.79 Å². The van der Waals surface area contributed by atoms with E-state index in [2.05, 4.69) is 6.58 Å². The summed E-state index contributed by atoms with van der Waals surface area (Å²) in [4.78, 5) is 40.3. The smallest absolute Gasteiger partial charge is 0.414 e. The molecule has 2 bridgehead atoms. The van der Waals surface area contributed by atoms with Crippen LogP contribution in [0.5, 0.6) is 0 Å². The van der Waals surface area contributed by atoms with Crippen molar-refractivity contribution in [3.63, 3.8) is 0 Å². The molecule has 3 aliphatic rings. The lowest BCUT2D eigenvalue weighted by molar-refractivity contribution is -0.181. The van der Waals surface area contributed by atoms with Crippen LogP contribution in [0, 0.1) is 11.3 Å². The van der Waals surface area contributed by atoms with Crippen LogP contribution in [0.1, 0.15) is 32.3 Å². The van der Waals surface area contributed by atoms with Gasteiger partial charge in [-0.2, -0.15) is 0 Å². The van der Waals surface area contributed by atoms with E-state index in [1.54, 1.807) is 18.7 Å². The zero-order chi connectivity index (χ0) is 21.0. The van der Waals surface area contributed by atoms with E-state index in [1.807, 2.05) is 24.3 Å². The molecular weight excluding hydrogens is 374 g/mol. The van der Waals surface area contributed by atoms with Gasteiger partial charge in [0, 0.05) is 11.3 Å². The molecule has 0 radical (unpaired) electrons. The summed E-state index contributed by atoms with van der Waals surface area (Å²) in [6, 6.07) is 7.29. The lowest BCUT2D eigenvalue weighted by atomic mass is 9.41. The van der Waals surface area contributed by atoms with E-state index in [4.69, 9.17) is 14.2 Å². The molecule has 1 heterocycles. The maximum absolute atomic E-state index is 13.0. The van der Waals surface area contributed by atoms with Crippen molar-refractivity contribution in [1.29, 1.82) is 0 Å². The number of benzene rings is 1. The van der Waals surface area contributed by atoms with Crippen molar-refractivity contribution >= 4 is 23.7 Å². The zero-order valence-corrected chi connectivity index (χ0v) is 16.9. The van der Waals surface area contributed by atoms with Crippen LogP contribution >= 0.6 is 0 Å². The first-order chi connectivity index (χ1) is 13.9. The molecule has 2 saturated carbocycles. The van der Waals surface area contributed by atoms with Crippen molar-refractivity contribution in [3.05, 3.63) is 42.0 Å². The number of methoxy groups -OCH3 is 1. The van der Waals surface area contributed by atoms with Crippen molar-refractivity contribution in [2.75, 3.05) is 25.2 Å². The minimum absolute atomic E-state index is 0.169. The van der Waals surface area contributed by atoms with E-state index >= 15 is 0 Å². The molecule has 1 aromatic rings. The van der Waals surface area contributed by atoms with E-state index in [-0.39, 0.29) is 38.0 Å². The summed E-state index contributed by atoms with van der Waals surface area (Å²) in [6.07, 6.45) is -0.0823. The molecule has 4 rings (SSSR count). The van der Waals surface area contributed by atoms with Crippen LogP contribution in [0.3, 0.4) is 0 Å². The van der Waals surface area contributed by atoms with Gasteiger partial charge in [-0.15, -0.1) is 0 Å². The Morgan fingerprint density at radius 1 is 1.14 bits per heavy atom. The van der Waals surface area contributed by atoms with Gasteiger partial charge in [-0.3, -0.25) is 14.5 Å². The average Bonchev–Trinajstić information content (AvgIpc) is 3.00. The summed E-state index contributed by atoms with van der Waals surface area (Å²) in [5.41, 5.74) is 0.442. The molecule has 0 saturated heterocycles. The zero-order valence-electron chi connectivity index (χ0n) is 16.9. The molecule has 29 heavy (non-hydrogen) atoms. The molecule has 1 aliphatic heterocycles. The van der Waals surface area contributed by atoms with Crippen LogP contribution < -0.4 is 4.90 Å². The highest BCUT2D eigenvalue weighted by Gasteiger charge is 2.75. The van der Waals surface area contributed by atoms with E-state index in [1.165, 1.54) is 7.11 Å². The number of rotatable bonds is 4. The fourth-order valence-corrected chi connectivity index (χ4v) is 5.62. The van der Waals surface area contributed by atoms with Crippen LogP contribution in [0.4, 0.5) is 10.5 Å². The third kappa shape index (κ3) is 2.27. The number of esters is 2. The lowest BCUT2D eigenvalue weighted by Crippen LogP contribution is -2.70. The molecule has 7 nitrogen and oxygen atoms in total. The van der Waals surface area contributed by atoms with Crippen molar-refractivity contribution in [1.82, 2.24) is 0 Å². The molecule has 1 amide bonds. The Labute approximate surface area is 169 Å². The maximum Gasteiger partial charge on any atom is 0.414 e. The van der Waals surface area contributed by atoms with Gasteiger partial charge in [0.25, 0.3) is 0 Å². The van der Waals surface area contributed by atoms with E-state index in [0.717, 1.165) is 16.8 Å². The minimum atomic E-state index is -1.41. The quantitative estimate of drug-likeness (QED) is 0.335. The highest BCUT2D eigenvalue weighted by Crippen LogP contribution is 2.71. The summed E-state index contributed by atoms with van der Waals surface area (Å²) >= 11 is 0. The van der Waals surface area contributed by atoms with Gasteiger partial charge in [-0.05, 0) is 38.3 Å². The third-order valence-corrected chi connectivity index (χ3v) is 6.68. The van der Waals surface area contributed by atoms with Gasteiger partial charge < -0.3 is 14.2 Å². The summed E-state index contributed by atoms with van der Waals surface area (Å²) in [6.45, 7) is 8.06. The molecule has 154 valence electrons. The number of carbonyl (C=O) groups excluding carboxylic acids is 3. The van der Waals surface area contributed by atoms with Gasteiger partial charge in [0.2, 0.25) is 0 Å². The van der Waals surface area contributed by atoms with Crippen LogP contribution in [-0.2, 0) is 29.2 Å². The van der Waals surface area contributed by atoms with Crippen LogP contribution in [0.15, 0.2) is 36.4 Å². The molecule has 1 spiro atoms. The first-order valence-electron chi connectivity index (χ1n) is 9.89. The highest BCUT2D eigenvalue weighted by atomic mass is 16.6. The van der Waals surface area contributed by atoms with Crippen LogP contribution in [0.25, 0.3) is 0 Å². The summed E-state index contributed by atoms with van der Waals surface area (Å²) < 4.78 is 15.7. The number of amides is 1. The van der Waals surface area contributed by atoms with Crippen molar-refractivity contribution in [2.45, 2.75) is 38.1 Å². The molecule has 0 unspecified atom stereocenters. The molecule has 0 aromatic heterocycles. The Balaban J connectivity index is 1.86. The second-order valence-corrected chi connectivity index (χ2v) is 7.81. The van der Waals surface area contributed by atoms with Gasteiger partial charge >= 0.3 is 18.0 Å². The Morgan fingerprint density at radius 2 is 1.76 bits per heavy atom. The predicted molar refractivity (Wildman–Crippen MR) is 104 cm³/mol. The Bertz CT molecular complexity index is 890. The third-order valence-electron chi connectivity index (χ3n) is 6.68. The number of fused-ring (bicyclic) bond motifs is 3. The van der Waals surface area contributed by atoms with E-state index < -0.39 is 28.9 Å². The van der Waals surface area contributed by atoms with E-state index in [9.17, 15) is 14.4 Å². The monoisotopic (exact) mass is 399 g/mol. The Morgan fingerprint density at radius 3 is 2.34 bits per heavy atom. The van der Waals surface area contributed by atoms with Crippen molar-refractivity contribution in [2.24, 2.45) is 11.3 Å². The standard InChI is InChI=1S/C22H25NO6/c1-5-28-18(24)21(19(25)29-6-2)11-14-13(3)22(12-21)15-9-7-8-10-16(15)23(17(14)22)20(26)27-4/h7-10,14,17H,3,5-6,11-12H2,1-2,4H3/t14-,17+,22+/m0/s1. The topological polar surface area (TPSA) is 82.1 Å². The molecule has 2 aliphatic carbocycles. The molecule has 1 aromatic carbocycles. The molecular formula is C22H25NO6. The number of para-hydroxylation sites is 1. The first-order valence-corrected chi connectivity index (χ1v) is 9.89. The first kappa shape index (κ1) is 19.5. The molecule has 7 heteroatoms. The Hall–Kier alpha value is -2.83. The van der Waals surface area contributed by atoms with Crippen molar-refractivity contribution < 1.29 is 28.6 Å². The highest BCUT2D eigenvalue weighted by molar-refractivity contribution is 6.03. The van der Waals surface area contributed by atoms with E-state index in [0.29, 0.717) is 0 Å². The SMILES string of the molecule is C=C1[C@@H]2CC(C(=O)OCC)(C(=O)OCC)C[C@]13c1ccccc1N(C(=O)OC)[C@H]23. The summed E-state index contributed by atoms with van der Waals surface area (Å²) in [5.74, 6) is -1.37. The second-order valence-electron chi connectivity index (χ2n) is 7.81. The predicted octanol–water partition coefficient (Wildman–Crippen LogP) is 2.97. The van der Waals surface area contributed by atoms with Gasteiger partial charge in [0.1, 0.15) is 0 Å². The number of anilines is 1. The number of nitrogens with zero attached hydrogens (tertiary/aromatic N) is 1. The number of hydrogen-bond donors (Lipinski definition) is 0. The van der Waals surface area contributed by atoms with Crippen LogP contribution in [-0.4, -0.2) is 44.4 Å².